The lowest BCUT2D eigenvalue weighted by Crippen LogP contribution is -2.45. The molecule has 3 rings (SSSR count). The summed E-state index contributed by atoms with van der Waals surface area (Å²) < 4.78 is 6.28. The molecule has 0 aliphatic carbocycles. The van der Waals surface area contributed by atoms with Crippen LogP contribution in [-0.4, -0.2) is 35.8 Å². The highest BCUT2D eigenvalue weighted by Gasteiger charge is 2.15. The van der Waals surface area contributed by atoms with Crippen molar-refractivity contribution in [1.82, 2.24) is 10.7 Å². The predicted molar refractivity (Wildman–Crippen MR) is 119 cm³/mol. The summed E-state index contributed by atoms with van der Waals surface area (Å²) in [6.07, 6.45) is 1.31. The maximum absolute atomic E-state index is 12.1. The van der Waals surface area contributed by atoms with Gasteiger partial charge in [-0.3, -0.25) is 9.59 Å². The minimum atomic E-state index is -0.814. The molecule has 3 aromatic rings. The lowest BCUT2D eigenvalue weighted by atomic mass is 10.1. The Kier molecular flexibility index (Phi) is 7.03. The van der Waals surface area contributed by atoms with E-state index in [1.54, 1.807) is 18.2 Å². The summed E-state index contributed by atoms with van der Waals surface area (Å²) in [7, 11) is 0. The molecule has 0 heterocycles. The minimum absolute atomic E-state index is 0.0309. The highest BCUT2D eigenvalue weighted by atomic mass is 79.9. The first-order valence-corrected chi connectivity index (χ1v) is 9.94. The number of hydrogen-bond acceptors (Lipinski definition) is 5. The first-order valence-electron chi connectivity index (χ1n) is 9.15. The second kappa shape index (κ2) is 9.89. The van der Waals surface area contributed by atoms with E-state index in [1.807, 2.05) is 36.4 Å². The molecular formula is C22H20BrN3O4. The van der Waals surface area contributed by atoms with Crippen molar-refractivity contribution < 1.29 is 19.4 Å². The van der Waals surface area contributed by atoms with Crippen LogP contribution in [0.15, 0.2) is 70.2 Å². The van der Waals surface area contributed by atoms with E-state index >= 15 is 0 Å². The Morgan fingerprint density at radius 2 is 1.90 bits per heavy atom. The van der Waals surface area contributed by atoms with Crippen molar-refractivity contribution in [2.24, 2.45) is 5.10 Å². The van der Waals surface area contributed by atoms with Gasteiger partial charge >= 0.3 is 0 Å². The molecule has 0 bridgehead atoms. The number of carbonyl (C=O) groups is 2. The summed E-state index contributed by atoms with van der Waals surface area (Å²) in [6.45, 7) is 1.32. The van der Waals surface area contributed by atoms with Gasteiger partial charge in [-0.2, -0.15) is 5.10 Å². The fourth-order valence-corrected chi connectivity index (χ4v) is 3.02. The van der Waals surface area contributed by atoms with Crippen LogP contribution in [0.25, 0.3) is 10.8 Å². The number of fused-ring (bicyclic) bond motifs is 1. The number of hydrogen-bond donors (Lipinski definition) is 3. The molecule has 0 fully saturated rings. The average molecular weight is 470 g/mol. The number of ether oxygens (including phenoxy) is 1. The zero-order valence-corrected chi connectivity index (χ0v) is 17.7. The molecule has 0 saturated heterocycles. The second-order valence-corrected chi connectivity index (χ2v) is 7.44. The molecule has 3 N–H and O–H groups in total. The Labute approximate surface area is 181 Å². The molecule has 0 radical (unpaired) electrons. The van der Waals surface area contributed by atoms with E-state index in [9.17, 15) is 14.7 Å². The Balaban J connectivity index is 1.47. The Morgan fingerprint density at radius 3 is 2.70 bits per heavy atom. The van der Waals surface area contributed by atoms with Crippen LogP contribution in [-0.2, 0) is 9.59 Å². The number of rotatable bonds is 7. The van der Waals surface area contributed by atoms with Crippen molar-refractivity contribution >= 4 is 44.7 Å². The first-order chi connectivity index (χ1) is 14.4. The largest absolute Gasteiger partial charge is 0.507 e. The van der Waals surface area contributed by atoms with Crippen LogP contribution >= 0.6 is 15.9 Å². The van der Waals surface area contributed by atoms with Crippen LogP contribution in [0.2, 0.25) is 0 Å². The highest BCUT2D eigenvalue weighted by molar-refractivity contribution is 9.10. The van der Waals surface area contributed by atoms with Gasteiger partial charge in [0.2, 0.25) is 0 Å². The van der Waals surface area contributed by atoms with Crippen LogP contribution in [0.5, 0.6) is 11.5 Å². The van der Waals surface area contributed by atoms with Crippen molar-refractivity contribution in [2.75, 3.05) is 6.61 Å². The lowest BCUT2D eigenvalue weighted by molar-refractivity contribution is -0.129. The van der Waals surface area contributed by atoms with Gasteiger partial charge in [-0.25, -0.2) is 5.43 Å². The number of carbonyl (C=O) groups excluding carboxylic acids is 2. The molecule has 0 aliphatic rings. The summed E-state index contributed by atoms with van der Waals surface area (Å²) in [5, 5.41) is 18.2. The fourth-order valence-electron chi connectivity index (χ4n) is 2.65. The first kappa shape index (κ1) is 21.3. The predicted octanol–water partition coefficient (Wildman–Crippen LogP) is 3.34. The van der Waals surface area contributed by atoms with Gasteiger partial charge in [0.05, 0.1) is 6.21 Å². The molecule has 7 nitrogen and oxygen atoms in total. The molecule has 154 valence electrons. The molecule has 0 unspecified atom stereocenters. The summed E-state index contributed by atoms with van der Waals surface area (Å²) in [6, 6.07) is 17.4. The van der Waals surface area contributed by atoms with Gasteiger partial charge < -0.3 is 15.2 Å². The summed E-state index contributed by atoms with van der Waals surface area (Å²) >= 11 is 3.29. The summed E-state index contributed by atoms with van der Waals surface area (Å²) in [5.74, 6) is -0.331. The van der Waals surface area contributed by atoms with Crippen LogP contribution in [0.1, 0.15) is 12.5 Å². The fraction of sp³-hybridized carbons (Fsp3) is 0.136. The van der Waals surface area contributed by atoms with E-state index in [4.69, 9.17) is 4.74 Å². The molecular weight excluding hydrogens is 450 g/mol. The molecule has 3 aromatic carbocycles. The van der Waals surface area contributed by atoms with Crippen LogP contribution < -0.4 is 15.5 Å². The number of phenolic OH excluding ortho intramolecular Hbond substituents is 1. The van der Waals surface area contributed by atoms with E-state index in [0.29, 0.717) is 11.3 Å². The van der Waals surface area contributed by atoms with Crippen LogP contribution in [0, 0.1) is 0 Å². The number of aromatic hydroxyl groups is 1. The smallest absolute Gasteiger partial charge is 0.262 e. The van der Waals surface area contributed by atoms with Crippen molar-refractivity contribution in [1.29, 1.82) is 0 Å². The van der Waals surface area contributed by atoms with Gasteiger partial charge in [0.1, 0.15) is 17.5 Å². The van der Waals surface area contributed by atoms with Crippen molar-refractivity contribution in [2.45, 2.75) is 13.0 Å². The van der Waals surface area contributed by atoms with Gasteiger partial charge in [-0.05, 0) is 48.0 Å². The molecule has 0 spiro atoms. The van der Waals surface area contributed by atoms with E-state index < -0.39 is 17.9 Å². The van der Waals surface area contributed by atoms with Gasteiger partial charge in [-0.1, -0.05) is 46.3 Å². The van der Waals surface area contributed by atoms with Gasteiger partial charge in [-0.15, -0.1) is 0 Å². The summed E-state index contributed by atoms with van der Waals surface area (Å²) in [4.78, 5) is 24.2. The minimum Gasteiger partial charge on any atom is -0.507 e. The molecule has 0 saturated carbocycles. The highest BCUT2D eigenvalue weighted by Crippen LogP contribution is 2.21. The number of nitrogens with zero attached hydrogens (tertiary/aromatic N) is 1. The van der Waals surface area contributed by atoms with Crippen LogP contribution in [0.4, 0.5) is 0 Å². The maximum atomic E-state index is 12.1. The number of nitrogens with one attached hydrogen (secondary N) is 2. The maximum Gasteiger partial charge on any atom is 0.262 e. The zero-order chi connectivity index (χ0) is 21.5. The number of benzene rings is 3. The third kappa shape index (κ3) is 5.81. The van der Waals surface area contributed by atoms with E-state index in [0.717, 1.165) is 15.2 Å². The molecule has 2 amide bonds. The summed E-state index contributed by atoms with van der Waals surface area (Å²) in [5.41, 5.74) is 2.76. The second-order valence-electron chi connectivity index (χ2n) is 6.52. The number of hydrazone groups is 1. The van der Waals surface area contributed by atoms with Crippen molar-refractivity contribution in [3.63, 3.8) is 0 Å². The van der Waals surface area contributed by atoms with E-state index in [2.05, 4.69) is 31.8 Å². The standard InChI is InChI=1S/C22H20BrN3O4/c1-14(22(29)26-24-12-17-10-18(23)7-9-20(17)27)25-21(28)13-30-19-8-6-15-4-2-3-5-16(15)11-19/h2-12,14,27H,13H2,1H3,(H,25,28)(H,26,29)/b24-12-/t14-/m1/s1. The van der Waals surface area contributed by atoms with Gasteiger partial charge in [0, 0.05) is 10.0 Å². The molecule has 1 atom stereocenters. The quantitative estimate of drug-likeness (QED) is 0.364. The van der Waals surface area contributed by atoms with Gasteiger partial charge in [0.15, 0.2) is 6.61 Å². The molecule has 30 heavy (non-hydrogen) atoms. The third-order valence-electron chi connectivity index (χ3n) is 4.23. The average Bonchev–Trinajstić information content (AvgIpc) is 2.74. The topological polar surface area (TPSA) is 100 Å². The Hall–Kier alpha value is -3.39. The van der Waals surface area contributed by atoms with Crippen molar-refractivity contribution in [3.05, 3.63) is 70.7 Å². The Bertz CT molecular complexity index is 1100. The van der Waals surface area contributed by atoms with E-state index in [1.165, 1.54) is 19.2 Å². The number of amides is 2. The SMILES string of the molecule is C[C@@H](NC(=O)COc1ccc2ccccc2c1)C(=O)N/N=C\c1cc(Br)ccc1O. The van der Waals surface area contributed by atoms with Gasteiger partial charge in [0.25, 0.3) is 11.8 Å². The number of halogens is 1. The van der Waals surface area contributed by atoms with Crippen LogP contribution in [0.3, 0.4) is 0 Å². The third-order valence-corrected chi connectivity index (χ3v) is 4.72. The molecule has 8 heteroatoms. The molecule has 0 aromatic heterocycles. The van der Waals surface area contributed by atoms with Crippen molar-refractivity contribution in [3.8, 4) is 11.5 Å². The zero-order valence-electron chi connectivity index (χ0n) is 16.1. The lowest BCUT2D eigenvalue weighted by Gasteiger charge is -2.13. The van der Waals surface area contributed by atoms with E-state index in [-0.39, 0.29) is 12.4 Å². The number of phenols is 1. The molecule has 0 aliphatic heterocycles. The monoisotopic (exact) mass is 469 g/mol. The normalized spacial score (nSPS) is 11.9. The Morgan fingerprint density at radius 1 is 1.13 bits per heavy atom.